The van der Waals surface area contributed by atoms with Crippen molar-refractivity contribution in [2.45, 2.75) is 0 Å². The predicted octanol–water partition coefficient (Wildman–Crippen LogP) is 0.159. The summed E-state index contributed by atoms with van der Waals surface area (Å²) in [5, 5.41) is 0. The summed E-state index contributed by atoms with van der Waals surface area (Å²) in [6.45, 7) is 0. The second-order valence-electron chi connectivity index (χ2n) is 2.10. The van der Waals surface area contributed by atoms with Gasteiger partial charge in [0, 0.05) is 11.2 Å². The van der Waals surface area contributed by atoms with Gasteiger partial charge in [-0.25, -0.2) is 0 Å². The zero-order valence-corrected chi connectivity index (χ0v) is 10.1. The topological polar surface area (TPSA) is 57.5 Å². The zero-order valence-electron chi connectivity index (χ0n) is 6.51. The normalized spacial score (nSPS) is 10.0. The number of hydrogen-bond acceptors (Lipinski definition) is 2. The first-order valence-corrected chi connectivity index (χ1v) is 6.51. The summed E-state index contributed by atoms with van der Waals surface area (Å²) in [6.07, 6.45) is 0. The van der Waals surface area contributed by atoms with Gasteiger partial charge >= 0.3 is 61.1 Å². The van der Waals surface area contributed by atoms with E-state index in [1.165, 1.54) is 30.7 Å². The third-order valence-corrected chi connectivity index (χ3v) is 1.61. The summed E-state index contributed by atoms with van der Waals surface area (Å²) >= 11 is 4.64. The Morgan fingerprint density at radius 3 is 1.75 bits per heavy atom. The Morgan fingerprint density at radius 1 is 1.25 bits per heavy atom. The van der Waals surface area contributed by atoms with E-state index in [0.29, 0.717) is 0 Å². The number of hydrogen-bond donors (Lipinski definition) is 2. The van der Waals surface area contributed by atoms with Crippen LogP contribution >= 0.6 is 0 Å². The van der Waals surface area contributed by atoms with Crippen molar-refractivity contribution in [1.82, 2.24) is 0 Å². The van der Waals surface area contributed by atoms with E-state index in [2.05, 4.69) is 35.5 Å². The molecule has 0 aliphatic carbocycles. The molecule has 0 saturated heterocycles. The first kappa shape index (κ1) is 12.5. The summed E-state index contributed by atoms with van der Waals surface area (Å²) in [5.41, 5.74) is 0. The molecule has 1 aromatic carbocycles. The Labute approximate surface area is 93.9 Å². The van der Waals surface area contributed by atoms with E-state index in [1.54, 1.807) is 0 Å². The Morgan fingerprint density at radius 2 is 1.58 bits per heavy atom. The van der Waals surface area contributed by atoms with E-state index >= 15 is 0 Å². The van der Waals surface area contributed by atoms with Crippen molar-refractivity contribution in [3.05, 3.63) is 30.3 Å². The molecule has 0 fully saturated rings. The molecule has 0 saturated carbocycles. The van der Waals surface area contributed by atoms with Gasteiger partial charge in [-0.15, -0.1) is 0 Å². The van der Waals surface area contributed by atoms with Gasteiger partial charge in [-0.2, -0.15) is 4.21 Å². The van der Waals surface area contributed by atoms with Gasteiger partial charge in [-0.3, -0.25) is 9.11 Å². The zero-order chi connectivity index (χ0) is 9.61. The minimum absolute atomic E-state index is 1.17. The van der Waals surface area contributed by atoms with E-state index < -0.39 is 9.05 Å². The molecule has 0 aromatic heterocycles. The van der Waals surface area contributed by atoms with Crippen LogP contribution in [0, 0.1) is 0 Å². The quantitative estimate of drug-likeness (QED) is 0.604. The van der Waals surface area contributed by atoms with E-state index in [-0.39, 0.29) is 0 Å². The first-order chi connectivity index (χ1) is 5.39. The Hall–Kier alpha value is 0.510. The third-order valence-electron chi connectivity index (χ3n) is 0.940. The minimum atomic E-state index is -3.83. The molecule has 0 aliphatic rings. The Kier molecular flexibility index (Phi) is 6.30. The molecule has 1 rings (SSSR count). The second kappa shape index (κ2) is 6.04. The van der Waals surface area contributed by atoms with Crippen LogP contribution in [-0.2, 0) is 20.2 Å². The van der Waals surface area contributed by atoms with Crippen LogP contribution in [0.1, 0.15) is 0 Å². The molecule has 0 amide bonds. The summed E-state index contributed by atoms with van der Waals surface area (Å²) in [5.74, 6) is 0. The van der Waals surface area contributed by atoms with Crippen molar-refractivity contribution in [2.24, 2.45) is 0 Å². The monoisotopic (exact) mass is 214 g/mol. The maximum absolute atomic E-state index is 9.11. The molecular weight excluding hydrogens is 207 g/mol. The molecule has 0 bridgehead atoms. The van der Waals surface area contributed by atoms with Gasteiger partial charge in [0.05, 0.1) is 0 Å². The fourth-order valence-electron chi connectivity index (χ4n) is 0.534. The molecule has 1 aromatic rings. The molecule has 0 aliphatic heterocycles. The van der Waals surface area contributed by atoms with Crippen molar-refractivity contribution in [1.29, 1.82) is 0 Å². The molecule has 12 heavy (non-hydrogen) atoms. The molecule has 0 heterocycles. The van der Waals surface area contributed by atoms with Crippen LogP contribution < -0.4 is 2.81 Å². The number of rotatable bonds is 0. The van der Waals surface area contributed by atoms with Gasteiger partial charge in [-0.1, -0.05) is 0 Å². The van der Waals surface area contributed by atoms with Crippen molar-refractivity contribution in [3.8, 4) is 0 Å². The molecular formula is C6H7NaO3S2. The second-order valence-corrected chi connectivity index (χ2v) is 5.46. The van der Waals surface area contributed by atoms with Gasteiger partial charge in [0.15, 0.2) is 0 Å². The molecule has 6 heteroatoms. The van der Waals surface area contributed by atoms with Crippen LogP contribution in [-0.4, -0.2) is 41.2 Å². The standard InChI is InChI=1S/C6H5.Na.H2O3S2/c1-2-4-6-5-3-1;;1-5(2,3)4/h1-5H;;(H2,1,2,3,4). The van der Waals surface area contributed by atoms with Crippen LogP contribution in [0.5, 0.6) is 0 Å². The van der Waals surface area contributed by atoms with E-state index in [0.717, 1.165) is 0 Å². The average Bonchev–Trinajstić information content (AvgIpc) is 1.85. The molecule has 62 valence electrons. The molecule has 0 atom stereocenters. The molecule has 0 unspecified atom stereocenters. The summed E-state index contributed by atoms with van der Waals surface area (Å²) in [6, 6.07) is 10.5. The molecule has 3 nitrogen and oxygen atoms in total. The van der Waals surface area contributed by atoms with Crippen LogP contribution in [0.2, 0.25) is 0 Å². The van der Waals surface area contributed by atoms with Gasteiger partial charge in [0.1, 0.15) is 0 Å². The van der Waals surface area contributed by atoms with Crippen LogP contribution in [0.25, 0.3) is 0 Å². The van der Waals surface area contributed by atoms with Crippen molar-refractivity contribution in [3.63, 3.8) is 0 Å². The Bertz CT molecular complexity index is 301. The molecule has 0 spiro atoms. The van der Waals surface area contributed by atoms with Gasteiger partial charge in [-0.05, 0) is 0 Å². The van der Waals surface area contributed by atoms with E-state index in [9.17, 15) is 0 Å². The number of benzene rings is 1. The summed E-state index contributed by atoms with van der Waals surface area (Å²) in [7, 11) is -3.83. The first-order valence-electron chi connectivity index (χ1n) is 3.11. The maximum atomic E-state index is 9.11. The van der Waals surface area contributed by atoms with Gasteiger partial charge < -0.3 is 0 Å². The predicted molar refractivity (Wildman–Crippen MR) is 52.6 cm³/mol. The van der Waals surface area contributed by atoms with Crippen molar-refractivity contribution < 1.29 is 13.3 Å². The fraction of sp³-hybridized carbons (Fsp3) is 0. The average molecular weight is 214 g/mol. The fourth-order valence-corrected chi connectivity index (χ4v) is 0.919. The summed E-state index contributed by atoms with van der Waals surface area (Å²) in [4.78, 5) is 0. The SMILES string of the molecule is O=S(O)(O)=S.[Na][c]1ccccc1. The van der Waals surface area contributed by atoms with Crippen molar-refractivity contribution >= 4 is 51.0 Å². The van der Waals surface area contributed by atoms with Crippen LogP contribution in [0.4, 0.5) is 0 Å². The van der Waals surface area contributed by atoms with Crippen molar-refractivity contribution in [2.75, 3.05) is 0 Å². The Balaban J connectivity index is 0.000000217. The van der Waals surface area contributed by atoms with Gasteiger partial charge in [0.2, 0.25) is 0 Å². The molecule has 0 radical (unpaired) electrons. The van der Waals surface area contributed by atoms with Gasteiger partial charge in [0.25, 0.3) is 9.05 Å². The van der Waals surface area contributed by atoms with Crippen LogP contribution in [0.15, 0.2) is 30.3 Å². The van der Waals surface area contributed by atoms with Crippen LogP contribution in [0.3, 0.4) is 0 Å². The van der Waals surface area contributed by atoms with E-state index in [1.807, 2.05) is 6.07 Å². The third kappa shape index (κ3) is 13.1. The van der Waals surface area contributed by atoms with E-state index in [4.69, 9.17) is 13.3 Å². The summed E-state index contributed by atoms with van der Waals surface area (Å²) < 4.78 is 25.4. The molecule has 2 N–H and O–H groups in total.